The van der Waals surface area contributed by atoms with Gasteiger partial charge >= 0.3 is 11.9 Å². The number of carbonyl (C=O) groups excluding carboxylic acids is 2. The van der Waals surface area contributed by atoms with Crippen molar-refractivity contribution in [1.29, 1.82) is 0 Å². The Morgan fingerprint density at radius 1 is 0.824 bits per heavy atom. The smallest absolute Gasteiger partial charge is 0.332 e. The van der Waals surface area contributed by atoms with Gasteiger partial charge in [0.25, 0.3) is 0 Å². The molecule has 2 aromatic rings. The largest absolute Gasteiger partial charge is 0.442 e. The predicted octanol–water partition coefficient (Wildman–Crippen LogP) is 2.85. The number of halogens is 2. The number of fused-ring (bicyclic) bond motifs is 2. The Balaban J connectivity index is 1.22. The van der Waals surface area contributed by atoms with Gasteiger partial charge in [-0.2, -0.15) is 0 Å². The van der Waals surface area contributed by atoms with Gasteiger partial charge in [0.15, 0.2) is 12.5 Å². The first-order valence-corrected chi connectivity index (χ1v) is 12.5. The zero-order valence-corrected chi connectivity index (χ0v) is 21.6. The van der Waals surface area contributed by atoms with E-state index in [2.05, 4.69) is 53.8 Å². The zero-order valence-electron chi connectivity index (χ0n) is 18.5. The van der Waals surface area contributed by atoms with Crippen LogP contribution >= 0.6 is 31.9 Å². The van der Waals surface area contributed by atoms with Crippen molar-refractivity contribution in [3.8, 4) is 0 Å². The fourth-order valence-electron chi connectivity index (χ4n) is 4.24. The lowest BCUT2D eigenvalue weighted by molar-refractivity contribution is -0.145. The van der Waals surface area contributed by atoms with E-state index < -0.39 is 24.4 Å². The molecule has 10 heteroatoms. The maximum Gasteiger partial charge on any atom is 0.332 e. The molecule has 0 aromatic heterocycles. The summed E-state index contributed by atoms with van der Waals surface area (Å²) in [5, 5.41) is 0. The van der Waals surface area contributed by atoms with Crippen molar-refractivity contribution in [2.75, 3.05) is 36.0 Å². The van der Waals surface area contributed by atoms with E-state index in [-0.39, 0.29) is 0 Å². The van der Waals surface area contributed by atoms with Crippen LogP contribution in [0.3, 0.4) is 0 Å². The second kappa shape index (κ2) is 10.9. The van der Waals surface area contributed by atoms with E-state index in [0.29, 0.717) is 13.1 Å². The van der Waals surface area contributed by atoms with Crippen molar-refractivity contribution in [2.24, 2.45) is 11.5 Å². The van der Waals surface area contributed by atoms with Crippen LogP contribution in [0.1, 0.15) is 11.1 Å². The molecule has 34 heavy (non-hydrogen) atoms. The van der Waals surface area contributed by atoms with Crippen molar-refractivity contribution < 1.29 is 19.1 Å². The molecule has 0 fully saturated rings. The molecule has 0 spiro atoms. The third kappa shape index (κ3) is 6.18. The van der Waals surface area contributed by atoms with Crippen molar-refractivity contribution in [3.63, 3.8) is 0 Å². The van der Waals surface area contributed by atoms with Gasteiger partial charge in [0.1, 0.15) is 0 Å². The number of nitrogens with two attached hydrogens (primary N) is 2. The Labute approximate surface area is 215 Å². The quantitative estimate of drug-likeness (QED) is 0.273. The summed E-state index contributed by atoms with van der Waals surface area (Å²) in [5.41, 5.74) is 16.6. The standard InChI is InChI=1S/C24H26Br2N4O4/c25-17-3-1-15-7-9-29(19(15)11-17)13-21(27)33-23(31)5-6-24(32)34-22(28)14-30-10-8-16-2-4-18(26)12-20(16)30/h1-6,11-12,21-22H,7-10,13-14,27-28H2/b6-5+. The van der Waals surface area contributed by atoms with Crippen LogP contribution in [0.4, 0.5) is 11.4 Å². The predicted molar refractivity (Wildman–Crippen MR) is 137 cm³/mol. The Morgan fingerprint density at radius 2 is 1.24 bits per heavy atom. The highest BCUT2D eigenvalue weighted by atomic mass is 79.9. The Kier molecular flexibility index (Phi) is 7.92. The van der Waals surface area contributed by atoms with E-state index in [4.69, 9.17) is 20.9 Å². The summed E-state index contributed by atoms with van der Waals surface area (Å²) in [6, 6.07) is 12.2. The molecule has 4 N–H and O–H groups in total. The summed E-state index contributed by atoms with van der Waals surface area (Å²) in [7, 11) is 0. The van der Waals surface area contributed by atoms with Crippen LogP contribution in [0.15, 0.2) is 57.5 Å². The molecule has 2 unspecified atom stereocenters. The molecule has 8 nitrogen and oxygen atoms in total. The van der Waals surface area contributed by atoms with E-state index in [1.807, 2.05) is 24.3 Å². The fraction of sp³-hybridized carbons (Fsp3) is 0.333. The molecule has 180 valence electrons. The number of benzene rings is 2. The number of nitrogens with zero attached hydrogens (tertiary/aromatic N) is 2. The maximum atomic E-state index is 12.1. The summed E-state index contributed by atoms with van der Waals surface area (Å²) in [5.74, 6) is -1.44. The highest BCUT2D eigenvalue weighted by molar-refractivity contribution is 9.10. The molecule has 0 saturated heterocycles. The fourth-order valence-corrected chi connectivity index (χ4v) is 4.94. The summed E-state index contributed by atoms with van der Waals surface area (Å²) < 4.78 is 12.4. The monoisotopic (exact) mass is 592 g/mol. The Bertz CT molecular complexity index is 1020. The van der Waals surface area contributed by atoms with Gasteiger partial charge in [0, 0.05) is 45.6 Å². The molecule has 2 aliphatic heterocycles. The Hall–Kier alpha value is -2.40. The van der Waals surface area contributed by atoms with Crippen LogP contribution in [-0.2, 0) is 31.9 Å². The normalized spacial score (nSPS) is 16.4. The lowest BCUT2D eigenvalue weighted by Gasteiger charge is -2.23. The molecule has 0 saturated carbocycles. The Morgan fingerprint density at radius 3 is 1.65 bits per heavy atom. The molecule has 4 rings (SSSR count). The van der Waals surface area contributed by atoms with Crippen LogP contribution in [0, 0.1) is 0 Å². The van der Waals surface area contributed by atoms with Gasteiger partial charge in [-0.3, -0.25) is 11.5 Å². The first-order valence-electron chi connectivity index (χ1n) is 11.0. The van der Waals surface area contributed by atoms with Crippen molar-refractivity contribution >= 4 is 55.2 Å². The summed E-state index contributed by atoms with van der Waals surface area (Å²) in [4.78, 5) is 28.3. The first kappa shape index (κ1) is 24.7. The third-order valence-corrected chi connectivity index (χ3v) is 6.76. The molecule has 2 heterocycles. The summed E-state index contributed by atoms with van der Waals surface area (Å²) in [6.07, 6.45) is 2.16. The van der Waals surface area contributed by atoms with Gasteiger partial charge in [0.2, 0.25) is 0 Å². The van der Waals surface area contributed by atoms with Gasteiger partial charge in [0.05, 0.1) is 13.1 Å². The lowest BCUT2D eigenvalue weighted by atomic mass is 10.2. The molecule has 2 aromatic carbocycles. The molecule has 0 amide bonds. The van der Waals surface area contributed by atoms with Crippen molar-refractivity contribution in [3.05, 3.63) is 68.6 Å². The zero-order chi connectivity index (χ0) is 24.2. The highest BCUT2D eigenvalue weighted by Gasteiger charge is 2.23. The van der Waals surface area contributed by atoms with Gasteiger partial charge in [-0.15, -0.1) is 0 Å². The van der Waals surface area contributed by atoms with Gasteiger partial charge < -0.3 is 19.3 Å². The van der Waals surface area contributed by atoms with E-state index in [0.717, 1.165) is 58.4 Å². The van der Waals surface area contributed by atoms with Crippen molar-refractivity contribution in [1.82, 2.24) is 0 Å². The minimum absolute atomic E-state index is 0.353. The van der Waals surface area contributed by atoms with E-state index in [9.17, 15) is 9.59 Å². The number of carbonyl (C=O) groups is 2. The second-order valence-electron chi connectivity index (χ2n) is 8.22. The lowest BCUT2D eigenvalue weighted by Crippen LogP contribution is -2.40. The molecular formula is C24H26Br2N4O4. The SMILES string of the molecule is NC(CN1CCc2ccc(Br)cc21)OC(=O)/C=C/C(=O)OC(N)CN1CCc2ccc(Br)cc21. The average Bonchev–Trinajstić information content (AvgIpc) is 3.35. The van der Waals surface area contributed by atoms with Crippen LogP contribution in [0.5, 0.6) is 0 Å². The average molecular weight is 594 g/mol. The van der Waals surface area contributed by atoms with E-state index in [1.165, 1.54) is 11.1 Å². The van der Waals surface area contributed by atoms with Gasteiger partial charge in [-0.1, -0.05) is 44.0 Å². The second-order valence-corrected chi connectivity index (χ2v) is 10.1. The number of hydrogen-bond donors (Lipinski definition) is 2. The molecule has 2 atom stereocenters. The van der Waals surface area contributed by atoms with E-state index in [1.54, 1.807) is 0 Å². The van der Waals surface area contributed by atoms with E-state index >= 15 is 0 Å². The molecular weight excluding hydrogens is 568 g/mol. The number of hydrogen-bond acceptors (Lipinski definition) is 8. The van der Waals surface area contributed by atoms with Crippen LogP contribution in [0.2, 0.25) is 0 Å². The number of rotatable bonds is 8. The molecule has 0 bridgehead atoms. The molecule has 2 aliphatic rings. The van der Waals surface area contributed by atoms with Crippen LogP contribution < -0.4 is 21.3 Å². The van der Waals surface area contributed by atoms with Crippen LogP contribution in [0.25, 0.3) is 0 Å². The number of ether oxygens (including phenoxy) is 2. The van der Waals surface area contributed by atoms with Gasteiger partial charge in [-0.25, -0.2) is 9.59 Å². The highest BCUT2D eigenvalue weighted by Crippen LogP contribution is 2.31. The number of esters is 2. The van der Waals surface area contributed by atoms with Crippen LogP contribution in [-0.4, -0.2) is 50.6 Å². The minimum atomic E-state index is -0.838. The third-order valence-electron chi connectivity index (χ3n) is 5.77. The van der Waals surface area contributed by atoms with Gasteiger partial charge in [-0.05, 0) is 48.2 Å². The molecule has 0 aliphatic carbocycles. The number of anilines is 2. The molecule has 0 radical (unpaired) electrons. The maximum absolute atomic E-state index is 12.1. The minimum Gasteiger partial charge on any atom is -0.442 e. The topological polar surface area (TPSA) is 111 Å². The summed E-state index contributed by atoms with van der Waals surface area (Å²) >= 11 is 6.95. The van der Waals surface area contributed by atoms with Crippen molar-refractivity contribution in [2.45, 2.75) is 25.3 Å². The first-order chi connectivity index (χ1) is 16.3. The summed E-state index contributed by atoms with van der Waals surface area (Å²) in [6.45, 7) is 2.31.